The van der Waals surface area contributed by atoms with Crippen LogP contribution in [-0.2, 0) is 0 Å². The number of anilines is 1. The van der Waals surface area contributed by atoms with Gasteiger partial charge >= 0.3 is 0 Å². The lowest BCUT2D eigenvalue weighted by Crippen LogP contribution is -2.49. The van der Waals surface area contributed by atoms with Crippen LogP contribution in [0.1, 0.15) is 6.92 Å². The van der Waals surface area contributed by atoms with Gasteiger partial charge in [-0.15, -0.1) is 0 Å². The molecular weight excluding hydrogens is 338 g/mol. The van der Waals surface area contributed by atoms with Gasteiger partial charge in [0.1, 0.15) is 23.0 Å². The second-order valence-electron chi connectivity index (χ2n) is 6.61. The van der Waals surface area contributed by atoms with Crippen LogP contribution in [-0.4, -0.2) is 25.7 Å². The number of piperazine rings is 1. The molecule has 26 heavy (non-hydrogen) atoms. The van der Waals surface area contributed by atoms with Crippen molar-refractivity contribution in [1.29, 1.82) is 0 Å². The molecule has 1 aliphatic rings. The lowest BCUT2D eigenvalue weighted by atomic mass is 10.1. The fraction of sp³-hybridized carbons (Fsp3) is 0.250. The minimum Gasteiger partial charge on any atom is -0.456 e. The third-order valence-corrected chi connectivity index (χ3v) is 4.59. The number of nitrogens with zero attached hydrogens (tertiary/aromatic N) is 1. The van der Waals surface area contributed by atoms with Crippen molar-refractivity contribution in [2.24, 2.45) is 0 Å². The van der Waals surface area contributed by atoms with E-state index < -0.39 is 11.6 Å². The zero-order valence-corrected chi connectivity index (χ0v) is 14.3. The van der Waals surface area contributed by atoms with Gasteiger partial charge in [0.25, 0.3) is 0 Å². The van der Waals surface area contributed by atoms with Gasteiger partial charge in [-0.1, -0.05) is 0 Å². The van der Waals surface area contributed by atoms with Crippen LogP contribution in [0.15, 0.2) is 51.7 Å². The van der Waals surface area contributed by atoms with Gasteiger partial charge in [0.15, 0.2) is 5.43 Å². The Hall–Kier alpha value is -2.73. The van der Waals surface area contributed by atoms with E-state index in [0.29, 0.717) is 17.0 Å². The third-order valence-electron chi connectivity index (χ3n) is 4.59. The van der Waals surface area contributed by atoms with E-state index in [0.717, 1.165) is 43.5 Å². The molecule has 1 aliphatic heterocycles. The molecule has 0 unspecified atom stereocenters. The summed E-state index contributed by atoms with van der Waals surface area (Å²) < 4.78 is 32.6. The average Bonchev–Trinajstić information content (AvgIpc) is 2.60. The number of fused-ring (bicyclic) bond motifs is 1. The van der Waals surface area contributed by atoms with Gasteiger partial charge in [-0.3, -0.25) is 4.79 Å². The molecule has 0 aliphatic carbocycles. The minimum atomic E-state index is -0.717. The Morgan fingerprint density at radius 2 is 1.88 bits per heavy atom. The van der Waals surface area contributed by atoms with Crippen molar-refractivity contribution in [2.45, 2.75) is 13.0 Å². The second kappa shape index (κ2) is 6.53. The number of halogens is 2. The highest BCUT2D eigenvalue weighted by Crippen LogP contribution is 2.26. The summed E-state index contributed by atoms with van der Waals surface area (Å²) in [5.74, 6) is -1.29. The summed E-state index contributed by atoms with van der Waals surface area (Å²) in [6.07, 6.45) is 0. The highest BCUT2D eigenvalue weighted by atomic mass is 19.1. The summed E-state index contributed by atoms with van der Waals surface area (Å²) in [6.45, 7) is 4.73. The molecule has 4 nitrogen and oxygen atoms in total. The molecule has 134 valence electrons. The Bertz CT molecular complexity index is 1010. The van der Waals surface area contributed by atoms with Crippen LogP contribution in [0, 0.1) is 11.6 Å². The third kappa shape index (κ3) is 3.20. The van der Waals surface area contributed by atoms with E-state index >= 15 is 0 Å². The summed E-state index contributed by atoms with van der Waals surface area (Å²) >= 11 is 0. The summed E-state index contributed by atoms with van der Waals surface area (Å²) in [7, 11) is 0. The Labute approximate surface area is 149 Å². The van der Waals surface area contributed by atoms with Gasteiger partial charge in [-0.2, -0.15) is 0 Å². The van der Waals surface area contributed by atoms with Crippen LogP contribution in [0.25, 0.3) is 22.3 Å². The molecule has 2 heterocycles. The van der Waals surface area contributed by atoms with Gasteiger partial charge in [0, 0.05) is 49.1 Å². The van der Waals surface area contributed by atoms with Gasteiger partial charge in [0.2, 0.25) is 0 Å². The first kappa shape index (κ1) is 16.7. The fourth-order valence-electron chi connectivity index (χ4n) is 3.35. The lowest BCUT2D eigenvalue weighted by molar-refractivity contribution is 0.485. The van der Waals surface area contributed by atoms with E-state index in [4.69, 9.17) is 4.42 Å². The molecule has 1 fully saturated rings. The smallest absolute Gasteiger partial charge is 0.193 e. The highest BCUT2D eigenvalue weighted by molar-refractivity contribution is 5.82. The molecule has 0 spiro atoms. The number of nitrogens with one attached hydrogen (secondary N) is 1. The van der Waals surface area contributed by atoms with Crippen LogP contribution in [0.4, 0.5) is 14.5 Å². The first-order valence-corrected chi connectivity index (χ1v) is 8.52. The fourth-order valence-corrected chi connectivity index (χ4v) is 3.35. The Kier molecular flexibility index (Phi) is 4.20. The van der Waals surface area contributed by atoms with Crippen LogP contribution in [0.2, 0.25) is 0 Å². The topological polar surface area (TPSA) is 45.5 Å². The van der Waals surface area contributed by atoms with Crippen molar-refractivity contribution in [1.82, 2.24) is 5.32 Å². The summed E-state index contributed by atoms with van der Waals surface area (Å²) in [5.41, 5.74) is 1.31. The van der Waals surface area contributed by atoms with Crippen molar-refractivity contribution in [3.8, 4) is 11.3 Å². The monoisotopic (exact) mass is 356 g/mol. The Balaban J connectivity index is 1.76. The molecule has 0 saturated carbocycles. The normalized spacial score (nSPS) is 17.7. The maximum Gasteiger partial charge on any atom is 0.193 e. The quantitative estimate of drug-likeness (QED) is 0.763. The van der Waals surface area contributed by atoms with E-state index in [9.17, 15) is 13.6 Å². The largest absolute Gasteiger partial charge is 0.456 e. The zero-order chi connectivity index (χ0) is 18.3. The molecule has 4 rings (SSSR count). The van der Waals surface area contributed by atoms with E-state index in [1.165, 1.54) is 6.07 Å². The molecule has 1 N–H and O–H groups in total. The van der Waals surface area contributed by atoms with Gasteiger partial charge in [-0.25, -0.2) is 8.78 Å². The van der Waals surface area contributed by atoms with Crippen molar-refractivity contribution in [3.63, 3.8) is 0 Å². The summed E-state index contributed by atoms with van der Waals surface area (Å²) in [5, 5.41) is 3.83. The second-order valence-corrected chi connectivity index (χ2v) is 6.61. The molecule has 1 saturated heterocycles. The van der Waals surface area contributed by atoms with E-state index in [1.54, 1.807) is 6.07 Å². The SMILES string of the molecule is C[C@H]1CN(c2ccc3oc(-c4cc(F)cc(F)c4)cc(=O)c3c2)CCN1. The van der Waals surface area contributed by atoms with Crippen LogP contribution in [0.3, 0.4) is 0 Å². The molecule has 1 aromatic heterocycles. The van der Waals surface area contributed by atoms with Gasteiger partial charge < -0.3 is 14.6 Å². The summed E-state index contributed by atoms with van der Waals surface area (Å²) in [6, 6.07) is 10.2. The summed E-state index contributed by atoms with van der Waals surface area (Å²) in [4.78, 5) is 14.8. The van der Waals surface area contributed by atoms with Crippen molar-refractivity contribution >= 4 is 16.7 Å². The van der Waals surface area contributed by atoms with Crippen LogP contribution < -0.4 is 15.6 Å². The zero-order valence-electron chi connectivity index (χ0n) is 14.3. The molecular formula is C20H18F2N2O2. The Morgan fingerprint density at radius 3 is 2.62 bits per heavy atom. The molecule has 6 heteroatoms. The van der Waals surface area contributed by atoms with E-state index in [2.05, 4.69) is 17.1 Å². The van der Waals surface area contributed by atoms with Crippen LogP contribution >= 0.6 is 0 Å². The number of hydrogen-bond donors (Lipinski definition) is 1. The van der Waals surface area contributed by atoms with Crippen molar-refractivity contribution in [3.05, 3.63) is 64.3 Å². The van der Waals surface area contributed by atoms with Crippen molar-refractivity contribution < 1.29 is 13.2 Å². The standard InChI is InChI=1S/C20H18F2N2O2/c1-12-11-24(5-4-23-12)16-2-3-19-17(9-16)18(25)10-20(26-19)13-6-14(21)8-15(22)7-13/h2-3,6-10,12,23H,4-5,11H2,1H3/t12-/m0/s1. The molecule has 0 radical (unpaired) electrons. The highest BCUT2D eigenvalue weighted by Gasteiger charge is 2.17. The number of hydrogen-bond acceptors (Lipinski definition) is 4. The molecule has 2 aromatic carbocycles. The maximum absolute atomic E-state index is 13.4. The van der Waals surface area contributed by atoms with E-state index in [-0.39, 0.29) is 16.8 Å². The van der Waals surface area contributed by atoms with Crippen LogP contribution in [0.5, 0.6) is 0 Å². The number of benzene rings is 2. The van der Waals surface area contributed by atoms with Crippen molar-refractivity contribution in [2.75, 3.05) is 24.5 Å². The molecule has 0 bridgehead atoms. The molecule has 0 amide bonds. The predicted octanol–water partition coefficient (Wildman–Crippen LogP) is 3.54. The average molecular weight is 356 g/mol. The first-order valence-electron chi connectivity index (χ1n) is 8.52. The molecule has 1 atom stereocenters. The first-order chi connectivity index (χ1) is 12.5. The minimum absolute atomic E-state index is 0.143. The number of rotatable bonds is 2. The van der Waals surface area contributed by atoms with E-state index in [1.807, 2.05) is 12.1 Å². The maximum atomic E-state index is 13.4. The van der Waals surface area contributed by atoms with Gasteiger partial charge in [0.05, 0.1) is 5.39 Å². The molecule has 3 aromatic rings. The predicted molar refractivity (Wildman–Crippen MR) is 97.5 cm³/mol. The Morgan fingerprint density at radius 1 is 1.12 bits per heavy atom. The lowest BCUT2D eigenvalue weighted by Gasteiger charge is -2.33. The van der Waals surface area contributed by atoms with Gasteiger partial charge in [-0.05, 0) is 37.3 Å².